The van der Waals surface area contributed by atoms with E-state index in [2.05, 4.69) is 4.90 Å². The molecule has 0 saturated heterocycles. The van der Waals surface area contributed by atoms with Gasteiger partial charge in [-0.25, -0.2) is 4.39 Å². The highest BCUT2D eigenvalue weighted by Gasteiger charge is 2.20. The summed E-state index contributed by atoms with van der Waals surface area (Å²) in [4.78, 5) is 2.21. The van der Waals surface area contributed by atoms with Gasteiger partial charge in [-0.15, -0.1) is 0 Å². The number of nitrogens with two attached hydrogens (primary N) is 1. The van der Waals surface area contributed by atoms with Crippen LogP contribution in [0.15, 0.2) is 42.5 Å². The lowest BCUT2D eigenvalue weighted by Gasteiger charge is -2.22. The fourth-order valence-corrected chi connectivity index (χ4v) is 3.05. The highest BCUT2D eigenvalue weighted by Crippen LogP contribution is 2.29. The van der Waals surface area contributed by atoms with Gasteiger partial charge in [0.1, 0.15) is 5.82 Å². The van der Waals surface area contributed by atoms with Crippen molar-refractivity contribution in [1.82, 2.24) is 0 Å². The molecule has 4 heteroatoms. The van der Waals surface area contributed by atoms with Crippen LogP contribution in [0, 0.1) is 5.82 Å². The molecule has 0 fully saturated rings. The van der Waals surface area contributed by atoms with Gasteiger partial charge in [-0.3, -0.25) is 0 Å². The summed E-state index contributed by atoms with van der Waals surface area (Å²) in [6.07, 6.45) is 1.79. The molecule has 2 N–H and O–H groups in total. The molecule has 3 rings (SSSR count). The Morgan fingerprint density at radius 1 is 1.24 bits per heavy atom. The first kappa shape index (κ1) is 14.4. The number of hydrogen-bond acceptors (Lipinski definition) is 2. The van der Waals surface area contributed by atoms with Crippen LogP contribution in [0.1, 0.15) is 23.6 Å². The van der Waals surface area contributed by atoms with E-state index < -0.39 is 0 Å². The molecule has 1 heterocycles. The van der Waals surface area contributed by atoms with Crippen LogP contribution in [0.3, 0.4) is 0 Å². The summed E-state index contributed by atoms with van der Waals surface area (Å²) in [6.45, 7) is 1.76. The van der Waals surface area contributed by atoms with E-state index in [1.165, 1.54) is 11.6 Å². The Morgan fingerprint density at radius 2 is 2.10 bits per heavy atom. The lowest BCUT2D eigenvalue weighted by atomic mass is 10.0. The summed E-state index contributed by atoms with van der Waals surface area (Å²) in [5.74, 6) is -0.181. The predicted octanol–water partition coefficient (Wildman–Crippen LogP) is 3.93. The molecule has 0 spiro atoms. The highest BCUT2D eigenvalue weighted by atomic mass is 35.5. The fraction of sp³-hybridized carbons (Fsp3) is 0.294. The quantitative estimate of drug-likeness (QED) is 0.927. The Bertz CT molecular complexity index is 644. The minimum Gasteiger partial charge on any atom is -0.371 e. The summed E-state index contributed by atoms with van der Waals surface area (Å²) in [5, 5.41) is 0.705. The molecular formula is C17H18ClFN2. The van der Waals surface area contributed by atoms with E-state index in [0.717, 1.165) is 37.2 Å². The monoisotopic (exact) mass is 304 g/mol. The van der Waals surface area contributed by atoms with Crippen LogP contribution in [0.5, 0.6) is 0 Å². The molecule has 2 nitrogen and oxygen atoms in total. The van der Waals surface area contributed by atoms with Crippen LogP contribution in [0.4, 0.5) is 10.1 Å². The first-order valence-electron chi connectivity index (χ1n) is 7.18. The SMILES string of the molecule is NC(CCN1CCc2ccc(F)cc21)c1cccc(Cl)c1. The Hall–Kier alpha value is -1.58. The van der Waals surface area contributed by atoms with Crippen LogP contribution >= 0.6 is 11.6 Å². The van der Waals surface area contributed by atoms with Crippen molar-refractivity contribution >= 4 is 17.3 Å². The van der Waals surface area contributed by atoms with Crippen LogP contribution < -0.4 is 10.6 Å². The Morgan fingerprint density at radius 3 is 2.90 bits per heavy atom. The number of halogens is 2. The largest absolute Gasteiger partial charge is 0.371 e. The summed E-state index contributed by atoms with van der Waals surface area (Å²) >= 11 is 5.99. The molecule has 1 atom stereocenters. The van der Waals surface area contributed by atoms with E-state index in [1.54, 1.807) is 6.07 Å². The van der Waals surface area contributed by atoms with E-state index in [-0.39, 0.29) is 11.9 Å². The van der Waals surface area contributed by atoms with Crippen LogP contribution in [-0.4, -0.2) is 13.1 Å². The molecule has 2 aromatic rings. The zero-order chi connectivity index (χ0) is 14.8. The van der Waals surface area contributed by atoms with Crippen LogP contribution in [-0.2, 0) is 6.42 Å². The summed E-state index contributed by atoms with van der Waals surface area (Å²) in [7, 11) is 0. The topological polar surface area (TPSA) is 29.3 Å². The van der Waals surface area contributed by atoms with Gasteiger partial charge in [0.15, 0.2) is 0 Å². The van der Waals surface area contributed by atoms with Crippen LogP contribution in [0.2, 0.25) is 5.02 Å². The zero-order valence-electron chi connectivity index (χ0n) is 11.7. The molecular weight excluding hydrogens is 287 g/mol. The van der Waals surface area contributed by atoms with Gasteiger partial charge in [0.2, 0.25) is 0 Å². The van der Waals surface area contributed by atoms with E-state index in [0.29, 0.717) is 5.02 Å². The molecule has 0 radical (unpaired) electrons. The Labute approximate surface area is 129 Å². The lowest BCUT2D eigenvalue weighted by molar-refractivity contribution is 0.622. The Balaban J connectivity index is 1.66. The fourth-order valence-electron chi connectivity index (χ4n) is 2.85. The van der Waals surface area contributed by atoms with Crippen molar-refractivity contribution in [2.75, 3.05) is 18.0 Å². The van der Waals surface area contributed by atoms with Gasteiger partial charge < -0.3 is 10.6 Å². The van der Waals surface area contributed by atoms with Crippen molar-refractivity contribution < 1.29 is 4.39 Å². The lowest BCUT2D eigenvalue weighted by Crippen LogP contribution is -2.25. The number of hydrogen-bond donors (Lipinski definition) is 1. The van der Waals surface area contributed by atoms with Gasteiger partial charge in [0, 0.05) is 29.8 Å². The average molecular weight is 305 g/mol. The van der Waals surface area contributed by atoms with Crippen molar-refractivity contribution in [3.8, 4) is 0 Å². The molecule has 0 bridgehead atoms. The van der Waals surface area contributed by atoms with Crippen molar-refractivity contribution in [3.05, 3.63) is 64.4 Å². The van der Waals surface area contributed by atoms with Crippen molar-refractivity contribution in [1.29, 1.82) is 0 Å². The molecule has 2 aromatic carbocycles. The molecule has 0 amide bonds. The third-order valence-electron chi connectivity index (χ3n) is 4.03. The summed E-state index contributed by atoms with van der Waals surface area (Å²) in [6, 6.07) is 12.6. The average Bonchev–Trinajstić information content (AvgIpc) is 2.87. The van der Waals surface area contributed by atoms with Gasteiger partial charge in [-0.2, -0.15) is 0 Å². The number of nitrogens with zero attached hydrogens (tertiary/aromatic N) is 1. The number of anilines is 1. The smallest absolute Gasteiger partial charge is 0.125 e. The maximum atomic E-state index is 13.4. The molecule has 0 aliphatic carbocycles. The first-order chi connectivity index (χ1) is 10.1. The third kappa shape index (κ3) is 3.20. The number of rotatable bonds is 4. The van der Waals surface area contributed by atoms with Gasteiger partial charge in [-0.1, -0.05) is 29.8 Å². The molecule has 110 valence electrons. The van der Waals surface area contributed by atoms with Crippen molar-refractivity contribution in [2.24, 2.45) is 5.73 Å². The third-order valence-corrected chi connectivity index (χ3v) is 4.26. The second-order valence-corrected chi connectivity index (χ2v) is 5.90. The standard InChI is InChI=1S/C17H18ClFN2/c18-14-3-1-2-13(10-14)16(20)7-9-21-8-6-12-4-5-15(19)11-17(12)21/h1-5,10-11,16H,6-9,20H2. The molecule has 1 aliphatic heterocycles. The molecule has 0 aromatic heterocycles. The van der Waals surface area contributed by atoms with Crippen molar-refractivity contribution in [3.63, 3.8) is 0 Å². The number of fused-ring (bicyclic) bond motifs is 1. The van der Waals surface area contributed by atoms with Gasteiger partial charge >= 0.3 is 0 Å². The summed E-state index contributed by atoms with van der Waals surface area (Å²) in [5.41, 5.74) is 9.50. The normalized spacial score (nSPS) is 15.1. The second kappa shape index (κ2) is 6.04. The molecule has 0 saturated carbocycles. The maximum absolute atomic E-state index is 13.4. The predicted molar refractivity (Wildman–Crippen MR) is 85.3 cm³/mol. The van der Waals surface area contributed by atoms with Gasteiger partial charge in [-0.05, 0) is 48.2 Å². The maximum Gasteiger partial charge on any atom is 0.125 e. The zero-order valence-corrected chi connectivity index (χ0v) is 12.5. The summed E-state index contributed by atoms with van der Waals surface area (Å²) < 4.78 is 13.4. The van der Waals surface area contributed by atoms with Crippen LogP contribution in [0.25, 0.3) is 0 Å². The Kier molecular flexibility index (Phi) is 4.13. The highest BCUT2D eigenvalue weighted by molar-refractivity contribution is 6.30. The van der Waals surface area contributed by atoms with E-state index in [9.17, 15) is 4.39 Å². The second-order valence-electron chi connectivity index (χ2n) is 5.46. The molecule has 1 aliphatic rings. The first-order valence-corrected chi connectivity index (χ1v) is 7.56. The minimum absolute atomic E-state index is 0.0543. The van der Waals surface area contributed by atoms with Gasteiger partial charge in [0.25, 0.3) is 0 Å². The van der Waals surface area contributed by atoms with E-state index >= 15 is 0 Å². The van der Waals surface area contributed by atoms with Crippen molar-refractivity contribution in [2.45, 2.75) is 18.9 Å². The van der Waals surface area contributed by atoms with Gasteiger partial charge in [0.05, 0.1) is 0 Å². The van der Waals surface area contributed by atoms with E-state index in [4.69, 9.17) is 17.3 Å². The van der Waals surface area contributed by atoms with E-state index in [1.807, 2.05) is 30.3 Å². The minimum atomic E-state index is -0.181. The number of benzene rings is 2. The molecule has 1 unspecified atom stereocenters. The molecule has 21 heavy (non-hydrogen) atoms.